The van der Waals surface area contributed by atoms with Crippen molar-refractivity contribution in [3.63, 3.8) is 0 Å². The first-order valence-corrected chi connectivity index (χ1v) is 4.83. The second-order valence-corrected chi connectivity index (χ2v) is 3.42. The zero-order chi connectivity index (χ0) is 10.8. The fraction of sp³-hybridized carbons (Fsp3) is 0.273. The Morgan fingerprint density at radius 1 is 1.47 bits per heavy atom. The van der Waals surface area contributed by atoms with Crippen molar-refractivity contribution >= 4 is 10.9 Å². The van der Waals surface area contributed by atoms with Crippen LogP contribution in [0, 0.1) is 0 Å². The van der Waals surface area contributed by atoms with Crippen LogP contribution in [0.5, 0.6) is 11.5 Å². The highest BCUT2D eigenvalue weighted by atomic mass is 16.5. The summed E-state index contributed by atoms with van der Waals surface area (Å²) in [6, 6.07) is 3.49. The van der Waals surface area contributed by atoms with E-state index in [9.17, 15) is 5.11 Å². The molecular weight excluding hydrogens is 192 g/mol. The molecule has 4 N–H and O–H groups in total. The van der Waals surface area contributed by atoms with E-state index in [2.05, 4.69) is 4.98 Å². The summed E-state index contributed by atoms with van der Waals surface area (Å²) in [5.41, 5.74) is 7.57. The number of aromatic hydroxyl groups is 1. The summed E-state index contributed by atoms with van der Waals surface area (Å²) in [5.74, 6) is 0.631. The molecule has 0 radical (unpaired) electrons. The Bertz CT molecular complexity index is 477. The zero-order valence-electron chi connectivity index (χ0n) is 8.58. The van der Waals surface area contributed by atoms with Gasteiger partial charge in [0.15, 0.2) is 11.5 Å². The lowest BCUT2D eigenvalue weighted by Crippen LogP contribution is -2.01. The summed E-state index contributed by atoms with van der Waals surface area (Å²) in [4.78, 5) is 3.13. The molecule has 0 aliphatic carbocycles. The van der Waals surface area contributed by atoms with E-state index in [1.54, 1.807) is 12.1 Å². The van der Waals surface area contributed by atoms with Crippen molar-refractivity contribution in [2.45, 2.75) is 6.42 Å². The van der Waals surface area contributed by atoms with Gasteiger partial charge in [-0.1, -0.05) is 0 Å². The molecule has 0 aliphatic heterocycles. The van der Waals surface area contributed by atoms with Crippen LogP contribution in [0.2, 0.25) is 0 Å². The molecule has 2 aromatic rings. The highest BCUT2D eigenvalue weighted by molar-refractivity contribution is 5.86. The van der Waals surface area contributed by atoms with Crippen molar-refractivity contribution in [3.8, 4) is 11.5 Å². The topological polar surface area (TPSA) is 71.3 Å². The molecule has 0 spiro atoms. The summed E-state index contributed by atoms with van der Waals surface area (Å²) >= 11 is 0. The van der Waals surface area contributed by atoms with Crippen LogP contribution in [-0.4, -0.2) is 23.7 Å². The number of rotatable bonds is 3. The minimum Gasteiger partial charge on any atom is -0.504 e. The van der Waals surface area contributed by atoms with E-state index in [1.165, 1.54) is 7.11 Å². The molecule has 1 aromatic heterocycles. The Balaban J connectivity index is 2.57. The second kappa shape index (κ2) is 3.82. The van der Waals surface area contributed by atoms with E-state index in [0.29, 0.717) is 12.3 Å². The Kier molecular flexibility index (Phi) is 2.51. The van der Waals surface area contributed by atoms with Gasteiger partial charge in [-0.25, -0.2) is 0 Å². The van der Waals surface area contributed by atoms with Gasteiger partial charge < -0.3 is 20.6 Å². The molecule has 0 unspecified atom stereocenters. The number of phenols is 1. The summed E-state index contributed by atoms with van der Waals surface area (Å²) in [6.07, 6.45) is 2.71. The third kappa shape index (κ3) is 1.64. The van der Waals surface area contributed by atoms with Gasteiger partial charge in [-0.2, -0.15) is 0 Å². The number of methoxy groups -OCH3 is 1. The Hall–Kier alpha value is -1.68. The lowest BCUT2D eigenvalue weighted by molar-refractivity contribution is 0.374. The zero-order valence-corrected chi connectivity index (χ0v) is 8.58. The number of ether oxygens (including phenoxy) is 1. The average molecular weight is 206 g/mol. The number of nitrogens with two attached hydrogens (primary N) is 1. The van der Waals surface area contributed by atoms with Gasteiger partial charge in [0, 0.05) is 23.2 Å². The molecule has 1 aromatic carbocycles. The lowest BCUT2D eigenvalue weighted by Gasteiger charge is -2.03. The monoisotopic (exact) mass is 206 g/mol. The predicted molar refractivity (Wildman–Crippen MR) is 59.3 cm³/mol. The fourth-order valence-corrected chi connectivity index (χ4v) is 1.72. The quantitative estimate of drug-likeness (QED) is 0.710. The van der Waals surface area contributed by atoms with Gasteiger partial charge in [0.2, 0.25) is 0 Å². The van der Waals surface area contributed by atoms with Gasteiger partial charge in [0.25, 0.3) is 0 Å². The molecule has 0 saturated heterocycles. The highest BCUT2D eigenvalue weighted by Crippen LogP contribution is 2.32. The van der Waals surface area contributed by atoms with Crippen molar-refractivity contribution in [3.05, 3.63) is 23.9 Å². The highest BCUT2D eigenvalue weighted by Gasteiger charge is 2.08. The van der Waals surface area contributed by atoms with Gasteiger partial charge in [-0.15, -0.1) is 0 Å². The normalized spacial score (nSPS) is 10.8. The van der Waals surface area contributed by atoms with Crippen LogP contribution in [0.15, 0.2) is 18.3 Å². The number of fused-ring (bicyclic) bond motifs is 1. The van der Waals surface area contributed by atoms with Gasteiger partial charge in [-0.3, -0.25) is 0 Å². The van der Waals surface area contributed by atoms with E-state index < -0.39 is 0 Å². The molecule has 0 atom stereocenters. The Labute approximate surface area is 87.7 Å². The van der Waals surface area contributed by atoms with Crippen molar-refractivity contribution in [1.82, 2.24) is 4.98 Å². The first kappa shape index (κ1) is 9.86. The van der Waals surface area contributed by atoms with E-state index in [1.807, 2.05) is 6.20 Å². The molecule has 0 bridgehead atoms. The molecule has 80 valence electrons. The third-order valence-electron chi connectivity index (χ3n) is 2.48. The SMILES string of the molecule is COc1cc2[nH]cc(CCN)c2cc1O. The maximum Gasteiger partial charge on any atom is 0.162 e. The number of benzene rings is 1. The minimum atomic E-state index is 0.155. The van der Waals surface area contributed by atoms with Gasteiger partial charge >= 0.3 is 0 Å². The standard InChI is InChI=1S/C11H14N2O2/c1-15-11-5-9-8(4-10(11)14)7(2-3-12)6-13-9/h4-6,13-14H,2-3,12H2,1H3. The molecule has 15 heavy (non-hydrogen) atoms. The number of aromatic nitrogens is 1. The van der Waals surface area contributed by atoms with Gasteiger partial charge in [0.1, 0.15) is 0 Å². The van der Waals surface area contributed by atoms with Crippen LogP contribution >= 0.6 is 0 Å². The first-order chi connectivity index (χ1) is 7.26. The van der Waals surface area contributed by atoms with E-state index >= 15 is 0 Å². The lowest BCUT2D eigenvalue weighted by atomic mass is 10.1. The maximum absolute atomic E-state index is 9.65. The second-order valence-electron chi connectivity index (χ2n) is 3.42. The van der Waals surface area contributed by atoms with Gasteiger partial charge in [0.05, 0.1) is 7.11 Å². The van der Waals surface area contributed by atoms with Crippen LogP contribution in [-0.2, 0) is 6.42 Å². The smallest absolute Gasteiger partial charge is 0.162 e. The summed E-state index contributed by atoms with van der Waals surface area (Å²) in [7, 11) is 1.53. The van der Waals surface area contributed by atoms with E-state index in [0.717, 1.165) is 22.9 Å². The van der Waals surface area contributed by atoms with E-state index in [-0.39, 0.29) is 5.75 Å². The molecule has 0 fully saturated rings. The third-order valence-corrected chi connectivity index (χ3v) is 2.48. The number of H-pyrrole nitrogens is 1. The number of hydrogen-bond donors (Lipinski definition) is 3. The Morgan fingerprint density at radius 3 is 2.93 bits per heavy atom. The molecule has 2 rings (SSSR count). The number of nitrogens with one attached hydrogen (secondary N) is 1. The van der Waals surface area contributed by atoms with Crippen LogP contribution in [0.3, 0.4) is 0 Å². The maximum atomic E-state index is 9.65. The molecule has 1 heterocycles. The van der Waals surface area contributed by atoms with Crippen molar-refractivity contribution < 1.29 is 9.84 Å². The van der Waals surface area contributed by atoms with Crippen LogP contribution in [0.4, 0.5) is 0 Å². The molecule has 4 heteroatoms. The molecule has 0 saturated carbocycles. The first-order valence-electron chi connectivity index (χ1n) is 4.83. The summed E-state index contributed by atoms with van der Waals surface area (Å²) in [5, 5.41) is 10.6. The van der Waals surface area contributed by atoms with Crippen molar-refractivity contribution in [2.75, 3.05) is 13.7 Å². The molecular formula is C11H14N2O2. The molecule has 0 amide bonds. The summed E-state index contributed by atoms with van der Waals surface area (Å²) < 4.78 is 5.03. The number of hydrogen-bond acceptors (Lipinski definition) is 3. The van der Waals surface area contributed by atoms with Crippen LogP contribution in [0.1, 0.15) is 5.56 Å². The predicted octanol–water partition coefficient (Wildman–Crippen LogP) is 1.38. The average Bonchev–Trinajstić information content (AvgIpc) is 2.61. The fourth-order valence-electron chi connectivity index (χ4n) is 1.72. The Morgan fingerprint density at radius 2 is 2.27 bits per heavy atom. The summed E-state index contributed by atoms with van der Waals surface area (Å²) in [6.45, 7) is 0.597. The number of aromatic amines is 1. The van der Waals surface area contributed by atoms with Crippen LogP contribution < -0.4 is 10.5 Å². The minimum absolute atomic E-state index is 0.155. The number of phenolic OH excluding ortho intramolecular Hbond substituents is 1. The molecule has 4 nitrogen and oxygen atoms in total. The molecule has 0 aliphatic rings. The largest absolute Gasteiger partial charge is 0.504 e. The van der Waals surface area contributed by atoms with Crippen molar-refractivity contribution in [2.24, 2.45) is 5.73 Å². The van der Waals surface area contributed by atoms with Crippen LogP contribution in [0.25, 0.3) is 10.9 Å². The van der Waals surface area contributed by atoms with E-state index in [4.69, 9.17) is 10.5 Å². The van der Waals surface area contributed by atoms with Crippen molar-refractivity contribution in [1.29, 1.82) is 0 Å². The van der Waals surface area contributed by atoms with Gasteiger partial charge in [-0.05, 0) is 24.6 Å².